The number of thiocarbonyl (C=S) groups is 1. The highest BCUT2D eigenvalue weighted by atomic mass is 32.1. The number of nitrogens with zero attached hydrogens (tertiary/aromatic N) is 1. The summed E-state index contributed by atoms with van der Waals surface area (Å²) in [6, 6.07) is 3.32. The smallest absolute Gasteiger partial charge is 0.273 e. The van der Waals surface area contributed by atoms with Gasteiger partial charge in [0.25, 0.3) is 5.69 Å². The van der Waals surface area contributed by atoms with E-state index in [1.807, 2.05) is 5.32 Å². The van der Waals surface area contributed by atoms with Crippen molar-refractivity contribution in [3.05, 3.63) is 57.4 Å². The van der Waals surface area contributed by atoms with E-state index in [0.29, 0.717) is 0 Å². The summed E-state index contributed by atoms with van der Waals surface area (Å²) in [6.07, 6.45) is 0. The fourth-order valence-electron chi connectivity index (χ4n) is 1.88. The fourth-order valence-corrected chi connectivity index (χ4v) is 2.09. The molecule has 0 aliphatic carbocycles. The molecule has 2 N–H and O–H groups in total. The lowest BCUT2D eigenvalue weighted by Gasteiger charge is -2.15. The molecule has 6 nitrogen and oxygen atoms in total. The number of non-ortho nitro benzene ring substituents is 1. The Morgan fingerprint density at radius 1 is 1.04 bits per heavy atom. The lowest BCUT2D eigenvalue weighted by Crippen LogP contribution is -2.22. The summed E-state index contributed by atoms with van der Waals surface area (Å²) >= 11 is 4.76. The highest BCUT2D eigenvalue weighted by molar-refractivity contribution is 7.80. The standard InChI is InChI=1S/C14H8F5N3O3S/c1-25-7-4-5(22(23)24)2-3-6(7)20-14(26)21-13-11(18)9(16)8(15)10(17)12(13)19/h2-4H,1H3,(H2,20,21,26). The van der Waals surface area contributed by atoms with Crippen LogP contribution in [0.5, 0.6) is 5.75 Å². The van der Waals surface area contributed by atoms with E-state index in [9.17, 15) is 32.1 Å². The molecule has 2 aromatic rings. The minimum absolute atomic E-state index is 0.0410. The van der Waals surface area contributed by atoms with Crippen molar-refractivity contribution in [3.63, 3.8) is 0 Å². The number of benzene rings is 2. The van der Waals surface area contributed by atoms with Crippen LogP contribution < -0.4 is 15.4 Å². The largest absolute Gasteiger partial charge is 0.494 e. The van der Waals surface area contributed by atoms with E-state index < -0.39 is 44.8 Å². The summed E-state index contributed by atoms with van der Waals surface area (Å²) in [5.41, 5.74) is -1.59. The van der Waals surface area contributed by atoms with E-state index in [-0.39, 0.29) is 17.1 Å². The van der Waals surface area contributed by atoms with Gasteiger partial charge in [-0.15, -0.1) is 0 Å². The maximum Gasteiger partial charge on any atom is 0.273 e. The Labute approximate surface area is 147 Å². The molecule has 0 atom stereocenters. The predicted octanol–water partition coefficient (Wildman–Crippen LogP) is 4.11. The number of halogens is 5. The molecule has 0 aliphatic rings. The highest BCUT2D eigenvalue weighted by Crippen LogP contribution is 2.30. The third-order valence-electron chi connectivity index (χ3n) is 3.09. The Balaban J connectivity index is 2.29. The molecule has 0 aromatic heterocycles. The van der Waals surface area contributed by atoms with Gasteiger partial charge < -0.3 is 15.4 Å². The lowest BCUT2D eigenvalue weighted by atomic mass is 10.2. The first-order valence-corrected chi connectivity index (χ1v) is 7.00. The minimum Gasteiger partial charge on any atom is -0.494 e. The zero-order valence-corrected chi connectivity index (χ0v) is 13.5. The zero-order valence-electron chi connectivity index (χ0n) is 12.7. The average molecular weight is 393 g/mol. The molecule has 0 heterocycles. The maximum absolute atomic E-state index is 13.6. The van der Waals surface area contributed by atoms with E-state index in [4.69, 9.17) is 17.0 Å². The number of hydrogen-bond acceptors (Lipinski definition) is 4. The number of nitro benzene ring substituents is 1. The van der Waals surface area contributed by atoms with E-state index in [2.05, 4.69) is 5.32 Å². The molecule has 0 spiro atoms. The van der Waals surface area contributed by atoms with Crippen LogP contribution in [0.25, 0.3) is 0 Å². The van der Waals surface area contributed by atoms with Gasteiger partial charge in [0.15, 0.2) is 28.4 Å². The van der Waals surface area contributed by atoms with Crippen molar-refractivity contribution < 1.29 is 31.6 Å². The first-order chi connectivity index (χ1) is 12.2. The molecular formula is C14H8F5N3O3S. The van der Waals surface area contributed by atoms with Crippen LogP contribution in [0.1, 0.15) is 0 Å². The fraction of sp³-hybridized carbons (Fsp3) is 0.0714. The van der Waals surface area contributed by atoms with E-state index >= 15 is 0 Å². The van der Waals surface area contributed by atoms with Crippen molar-refractivity contribution in [1.29, 1.82) is 0 Å². The highest BCUT2D eigenvalue weighted by Gasteiger charge is 2.26. The number of hydrogen-bond donors (Lipinski definition) is 2. The van der Waals surface area contributed by atoms with Crippen molar-refractivity contribution in [3.8, 4) is 5.75 Å². The summed E-state index contributed by atoms with van der Waals surface area (Å²) in [4.78, 5) is 10.0. The second-order valence-corrected chi connectivity index (χ2v) is 5.07. The van der Waals surface area contributed by atoms with Gasteiger partial charge in [-0.05, 0) is 18.3 Å². The number of nitro groups is 1. The summed E-state index contributed by atoms with van der Waals surface area (Å²) in [7, 11) is 1.20. The van der Waals surface area contributed by atoms with Crippen LogP contribution in [0.4, 0.5) is 39.0 Å². The van der Waals surface area contributed by atoms with E-state index in [0.717, 1.165) is 12.1 Å². The third kappa shape index (κ3) is 3.64. The molecule has 0 radical (unpaired) electrons. The molecule has 0 saturated heterocycles. The van der Waals surface area contributed by atoms with Gasteiger partial charge in [-0.3, -0.25) is 10.1 Å². The number of anilines is 2. The SMILES string of the molecule is COc1cc([N+](=O)[O-])ccc1NC(=S)Nc1c(F)c(F)c(F)c(F)c1F. The molecule has 0 saturated carbocycles. The Morgan fingerprint density at radius 2 is 1.58 bits per heavy atom. The average Bonchev–Trinajstić information content (AvgIpc) is 2.62. The molecule has 0 amide bonds. The van der Waals surface area contributed by atoms with Crippen molar-refractivity contribution in [2.45, 2.75) is 0 Å². The van der Waals surface area contributed by atoms with Crippen LogP contribution in [0, 0.1) is 39.2 Å². The molecule has 0 unspecified atom stereocenters. The topological polar surface area (TPSA) is 76.4 Å². The quantitative estimate of drug-likeness (QED) is 0.203. The van der Waals surface area contributed by atoms with Gasteiger partial charge in [0.05, 0.1) is 23.8 Å². The van der Waals surface area contributed by atoms with Gasteiger partial charge >= 0.3 is 0 Å². The van der Waals surface area contributed by atoms with Gasteiger partial charge in [-0.2, -0.15) is 0 Å². The summed E-state index contributed by atoms with van der Waals surface area (Å²) in [5.74, 6) is -10.8. The Kier molecular flexibility index (Phi) is 5.55. The summed E-state index contributed by atoms with van der Waals surface area (Å²) < 4.78 is 71.5. The molecule has 138 valence electrons. The van der Waals surface area contributed by atoms with Crippen molar-refractivity contribution in [2.24, 2.45) is 0 Å². The van der Waals surface area contributed by atoms with Crippen LogP contribution in [-0.4, -0.2) is 17.1 Å². The molecule has 2 rings (SSSR count). The molecule has 0 aliphatic heterocycles. The second-order valence-electron chi connectivity index (χ2n) is 4.67. The van der Waals surface area contributed by atoms with Gasteiger partial charge in [-0.25, -0.2) is 22.0 Å². The molecule has 12 heteroatoms. The van der Waals surface area contributed by atoms with Crippen LogP contribution in [0.3, 0.4) is 0 Å². The maximum atomic E-state index is 13.6. The van der Waals surface area contributed by atoms with Crippen LogP contribution in [0.2, 0.25) is 0 Å². The Morgan fingerprint density at radius 3 is 2.08 bits per heavy atom. The molecule has 2 aromatic carbocycles. The van der Waals surface area contributed by atoms with Crippen LogP contribution in [-0.2, 0) is 0 Å². The van der Waals surface area contributed by atoms with Crippen LogP contribution in [0.15, 0.2) is 18.2 Å². The number of methoxy groups -OCH3 is 1. The van der Waals surface area contributed by atoms with Gasteiger partial charge in [-0.1, -0.05) is 0 Å². The number of nitrogens with one attached hydrogen (secondary N) is 2. The van der Waals surface area contributed by atoms with Crippen molar-refractivity contribution in [1.82, 2.24) is 0 Å². The lowest BCUT2D eigenvalue weighted by molar-refractivity contribution is -0.384. The predicted molar refractivity (Wildman–Crippen MR) is 85.7 cm³/mol. The Hall–Kier alpha value is -3.02. The zero-order chi connectivity index (χ0) is 19.6. The molecular weight excluding hydrogens is 385 g/mol. The van der Waals surface area contributed by atoms with E-state index in [1.54, 1.807) is 0 Å². The molecule has 0 bridgehead atoms. The summed E-state index contributed by atoms with van der Waals surface area (Å²) in [6.45, 7) is 0. The summed E-state index contributed by atoms with van der Waals surface area (Å²) in [5, 5.41) is 14.4. The number of ether oxygens (including phenoxy) is 1. The molecule has 0 fully saturated rings. The van der Waals surface area contributed by atoms with Crippen molar-refractivity contribution >= 4 is 34.4 Å². The van der Waals surface area contributed by atoms with Crippen molar-refractivity contribution in [2.75, 3.05) is 17.7 Å². The Bertz CT molecular complexity index is 881. The van der Waals surface area contributed by atoms with Gasteiger partial charge in [0.1, 0.15) is 11.4 Å². The minimum atomic E-state index is -2.30. The first-order valence-electron chi connectivity index (χ1n) is 6.59. The third-order valence-corrected chi connectivity index (χ3v) is 3.30. The normalized spacial score (nSPS) is 10.4. The van der Waals surface area contributed by atoms with Gasteiger partial charge in [0, 0.05) is 6.07 Å². The monoisotopic (exact) mass is 393 g/mol. The van der Waals surface area contributed by atoms with E-state index in [1.165, 1.54) is 13.2 Å². The molecule has 26 heavy (non-hydrogen) atoms. The van der Waals surface area contributed by atoms with Gasteiger partial charge in [0.2, 0.25) is 5.82 Å². The first kappa shape index (κ1) is 19.3. The number of rotatable bonds is 4. The second kappa shape index (κ2) is 7.47. The van der Waals surface area contributed by atoms with Crippen LogP contribution >= 0.6 is 12.2 Å².